The highest BCUT2D eigenvalue weighted by molar-refractivity contribution is 7.14. The summed E-state index contributed by atoms with van der Waals surface area (Å²) in [6, 6.07) is 14.1. The van der Waals surface area contributed by atoms with E-state index < -0.39 is 0 Å². The topological polar surface area (TPSA) is 37.3 Å². The summed E-state index contributed by atoms with van der Waals surface area (Å²) < 4.78 is 0. The van der Waals surface area contributed by atoms with Gasteiger partial charge in [0, 0.05) is 21.5 Å². The van der Waals surface area contributed by atoms with Crippen LogP contribution in [-0.2, 0) is 6.42 Å². The standard InChI is InChI=1S/C19H16ClN3S.ClH/c1-12-3-2-4-16-15(12)9-10-17(16)22-23-19-21-18(11-24-19)13-5-7-14(20)8-6-13;/h2-8,11H,9-10H2,1H3,(H,21,23);1H/b22-17+;. The van der Waals surface area contributed by atoms with Crippen molar-refractivity contribution in [3.8, 4) is 11.3 Å². The highest BCUT2D eigenvalue weighted by Crippen LogP contribution is 2.28. The van der Waals surface area contributed by atoms with Gasteiger partial charge in [0.2, 0.25) is 5.13 Å². The predicted octanol–water partition coefficient (Wildman–Crippen LogP) is 5.96. The van der Waals surface area contributed by atoms with Gasteiger partial charge in [-0.3, -0.25) is 5.43 Å². The molecule has 4 rings (SSSR count). The third kappa shape index (κ3) is 3.71. The summed E-state index contributed by atoms with van der Waals surface area (Å²) in [6.07, 6.45) is 2.04. The van der Waals surface area contributed by atoms with Gasteiger partial charge < -0.3 is 0 Å². The van der Waals surface area contributed by atoms with E-state index in [9.17, 15) is 0 Å². The van der Waals surface area contributed by atoms with E-state index in [0.29, 0.717) is 0 Å². The molecule has 0 unspecified atom stereocenters. The Morgan fingerprint density at radius 2 is 1.92 bits per heavy atom. The number of nitrogens with zero attached hydrogens (tertiary/aromatic N) is 2. The minimum atomic E-state index is 0. The number of thiazole rings is 1. The van der Waals surface area contributed by atoms with Crippen molar-refractivity contribution >= 4 is 46.2 Å². The molecule has 0 radical (unpaired) electrons. The van der Waals surface area contributed by atoms with Gasteiger partial charge in [-0.1, -0.05) is 41.9 Å². The molecule has 0 atom stereocenters. The lowest BCUT2D eigenvalue weighted by Gasteiger charge is -2.03. The number of hydrogen-bond donors (Lipinski definition) is 1. The maximum Gasteiger partial charge on any atom is 0.203 e. The normalized spacial score (nSPS) is 14.2. The molecular weight excluding hydrogens is 373 g/mol. The van der Waals surface area contributed by atoms with Crippen LogP contribution in [0.25, 0.3) is 11.3 Å². The van der Waals surface area contributed by atoms with E-state index in [2.05, 4.69) is 40.6 Å². The third-order valence-electron chi connectivity index (χ3n) is 4.26. The number of halogens is 2. The summed E-state index contributed by atoms with van der Waals surface area (Å²) in [5.74, 6) is 0. The quantitative estimate of drug-likeness (QED) is 0.561. The number of aryl methyl sites for hydroxylation is 1. The molecule has 128 valence electrons. The second-order valence-electron chi connectivity index (χ2n) is 5.82. The monoisotopic (exact) mass is 389 g/mol. The van der Waals surface area contributed by atoms with Gasteiger partial charge in [0.1, 0.15) is 0 Å². The van der Waals surface area contributed by atoms with Crippen molar-refractivity contribution in [2.45, 2.75) is 19.8 Å². The molecule has 3 aromatic rings. The molecule has 6 heteroatoms. The SMILES string of the molecule is Cc1cccc2c1CC/C2=N\Nc1nc(-c2ccc(Cl)cc2)cs1.Cl. The van der Waals surface area contributed by atoms with Gasteiger partial charge in [0.25, 0.3) is 0 Å². The van der Waals surface area contributed by atoms with E-state index in [-0.39, 0.29) is 12.4 Å². The van der Waals surface area contributed by atoms with Crippen molar-refractivity contribution < 1.29 is 0 Å². The smallest absolute Gasteiger partial charge is 0.203 e. The van der Waals surface area contributed by atoms with E-state index >= 15 is 0 Å². The molecule has 0 amide bonds. The van der Waals surface area contributed by atoms with Crippen LogP contribution in [0.15, 0.2) is 52.9 Å². The second-order valence-corrected chi connectivity index (χ2v) is 7.11. The Bertz CT molecular complexity index is 917. The molecule has 0 spiro atoms. The maximum absolute atomic E-state index is 5.93. The van der Waals surface area contributed by atoms with Crippen LogP contribution in [0.5, 0.6) is 0 Å². The number of fused-ring (bicyclic) bond motifs is 1. The lowest BCUT2D eigenvalue weighted by Crippen LogP contribution is -2.00. The first-order valence-electron chi connectivity index (χ1n) is 7.83. The highest BCUT2D eigenvalue weighted by atomic mass is 35.5. The van der Waals surface area contributed by atoms with Gasteiger partial charge in [0.15, 0.2) is 0 Å². The van der Waals surface area contributed by atoms with Crippen LogP contribution in [0.1, 0.15) is 23.1 Å². The Labute approximate surface area is 162 Å². The summed E-state index contributed by atoms with van der Waals surface area (Å²) in [5.41, 5.74) is 10.2. The van der Waals surface area contributed by atoms with E-state index in [1.165, 1.54) is 16.7 Å². The molecule has 25 heavy (non-hydrogen) atoms. The third-order valence-corrected chi connectivity index (χ3v) is 5.26. The Balaban J connectivity index is 0.00000182. The molecule has 0 aliphatic heterocycles. The molecule has 1 heterocycles. The van der Waals surface area contributed by atoms with E-state index in [1.54, 1.807) is 11.3 Å². The van der Waals surface area contributed by atoms with Gasteiger partial charge in [0.05, 0.1) is 11.4 Å². The first kappa shape index (κ1) is 17.9. The molecule has 0 bridgehead atoms. The van der Waals surface area contributed by atoms with Gasteiger partial charge in [-0.05, 0) is 43.0 Å². The molecule has 2 aromatic carbocycles. The Hall–Kier alpha value is -1.88. The van der Waals surface area contributed by atoms with Gasteiger partial charge >= 0.3 is 0 Å². The van der Waals surface area contributed by atoms with Crippen molar-refractivity contribution in [3.05, 3.63) is 69.6 Å². The van der Waals surface area contributed by atoms with E-state index in [0.717, 1.165) is 40.0 Å². The molecule has 1 N–H and O–H groups in total. The van der Waals surface area contributed by atoms with Crippen LogP contribution in [0, 0.1) is 6.92 Å². The zero-order valence-electron chi connectivity index (χ0n) is 13.6. The molecule has 0 fully saturated rings. The summed E-state index contributed by atoms with van der Waals surface area (Å²) in [6.45, 7) is 2.16. The highest BCUT2D eigenvalue weighted by Gasteiger charge is 2.19. The second kappa shape index (κ2) is 7.56. The Morgan fingerprint density at radius 3 is 2.72 bits per heavy atom. The van der Waals surface area contributed by atoms with Crippen LogP contribution < -0.4 is 5.43 Å². The number of anilines is 1. The van der Waals surface area contributed by atoms with E-state index in [4.69, 9.17) is 11.6 Å². The molecule has 1 aliphatic rings. The largest absolute Gasteiger partial charge is 0.252 e. The first-order valence-corrected chi connectivity index (χ1v) is 9.09. The summed E-state index contributed by atoms with van der Waals surface area (Å²) in [4.78, 5) is 4.60. The Kier molecular flexibility index (Phi) is 5.42. The molecule has 1 aliphatic carbocycles. The number of hydrazone groups is 1. The van der Waals surface area contributed by atoms with Crippen LogP contribution >= 0.6 is 35.3 Å². The number of nitrogens with one attached hydrogen (secondary N) is 1. The average Bonchev–Trinajstić information content (AvgIpc) is 3.21. The van der Waals surface area contributed by atoms with Gasteiger partial charge in [-0.2, -0.15) is 5.10 Å². The lowest BCUT2D eigenvalue weighted by atomic mass is 10.0. The van der Waals surface area contributed by atoms with Crippen LogP contribution in [0.3, 0.4) is 0 Å². The number of rotatable bonds is 3. The fraction of sp³-hybridized carbons (Fsp3) is 0.158. The van der Waals surface area contributed by atoms with Gasteiger partial charge in [-0.25, -0.2) is 4.98 Å². The van der Waals surface area contributed by atoms with Crippen LogP contribution in [-0.4, -0.2) is 10.7 Å². The van der Waals surface area contributed by atoms with Crippen molar-refractivity contribution in [3.63, 3.8) is 0 Å². The molecule has 0 saturated carbocycles. The maximum atomic E-state index is 5.93. The summed E-state index contributed by atoms with van der Waals surface area (Å²) in [7, 11) is 0. The van der Waals surface area contributed by atoms with Crippen LogP contribution in [0.2, 0.25) is 5.02 Å². The molecule has 3 nitrogen and oxygen atoms in total. The van der Waals surface area contributed by atoms with Crippen LogP contribution in [0.4, 0.5) is 5.13 Å². The summed E-state index contributed by atoms with van der Waals surface area (Å²) in [5, 5.41) is 8.15. The van der Waals surface area contributed by atoms with Gasteiger partial charge in [-0.15, -0.1) is 23.7 Å². The molecular formula is C19H17Cl2N3S. The van der Waals surface area contributed by atoms with E-state index in [1.807, 2.05) is 29.6 Å². The van der Waals surface area contributed by atoms with Crippen molar-refractivity contribution in [2.75, 3.05) is 5.43 Å². The number of aromatic nitrogens is 1. The zero-order valence-corrected chi connectivity index (χ0v) is 16.0. The predicted molar refractivity (Wildman–Crippen MR) is 109 cm³/mol. The minimum absolute atomic E-state index is 0. The molecule has 1 aromatic heterocycles. The molecule has 0 saturated heterocycles. The number of hydrogen-bond acceptors (Lipinski definition) is 4. The fourth-order valence-corrected chi connectivity index (χ4v) is 3.78. The first-order chi connectivity index (χ1) is 11.7. The van der Waals surface area contributed by atoms with Crippen molar-refractivity contribution in [1.82, 2.24) is 4.98 Å². The Morgan fingerprint density at radius 1 is 1.12 bits per heavy atom. The lowest BCUT2D eigenvalue weighted by molar-refractivity contribution is 1.07. The fourth-order valence-electron chi connectivity index (χ4n) is 2.99. The average molecular weight is 390 g/mol. The van der Waals surface area contributed by atoms with Crippen molar-refractivity contribution in [2.24, 2.45) is 5.10 Å². The summed E-state index contributed by atoms with van der Waals surface area (Å²) >= 11 is 7.49. The van der Waals surface area contributed by atoms with Crippen molar-refractivity contribution in [1.29, 1.82) is 0 Å². The number of benzene rings is 2. The minimum Gasteiger partial charge on any atom is -0.252 e. The zero-order chi connectivity index (χ0) is 16.5.